The molecule has 1 fully saturated rings. The highest BCUT2D eigenvalue weighted by atomic mass is 32.1. The van der Waals surface area contributed by atoms with E-state index in [0.717, 1.165) is 37.8 Å². The van der Waals surface area contributed by atoms with E-state index in [2.05, 4.69) is 36.4 Å². The predicted molar refractivity (Wildman–Crippen MR) is 90.3 cm³/mol. The number of aliphatic hydroxyl groups is 1. The fraction of sp³-hybridized carbons (Fsp3) is 0.750. The van der Waals surface area contributed by atoms with Crippen LogP contribution in [0.2, 0.25) is 0 Å². The van der Waals surface area contributed by atoms with Crippen molar-refractivity contribution in [2.75, 3.05) is 11.9 Å². The number of hydrogen-bond acceptors (Lipinski definition) is 4. The Labute approximate surface area is 136 Å². The molecular weight excluding hydrogens is 298 g/mol. The van der Waals surface area contributed by atoms with Crippen LogP contribution in [0.4, 0.5) is 9.93 Å². The number of anilines is 1. The molecule has 0 atom stereocenters. The number of nitrogens with one attached hydrogen (secondary N) is 2. The monoisotopic (exact) mass is 325 g/mol. The van der Waals surface area contributed by atoms with Crippen molar-refractivity contribution in [1.29, 1.82) is 0 Å². The van der Waals surface area contributed by atoms with Crippen molar-refractivity contribution in [1.82, 2.24) is 10.3 Å². The molecule has 0 bridgehead atoms. The first-order chi connectivity index (χ1) is 10.4. The molecule has 0 saturated heterocycles. The zero-order valence-corrected chi connectivity index (χ0v) is 14.5. The van der Waals surface area contributed by atoms with Crippen LogP contribution in [0, 0.1) is 11.3 Å². The van der Waals surface area contributed by atoms with Gasteiger partial charge in [0, 0.05) is 18.0 Å². The molecule has 1 aromatic rings. The third-order valence-electron chi connectivity index (χ3n) is 3.92. The highest BCUT2D eigenvalue weighted by molar-refractivity contribution is 7.13. The van der Waals surface area contributed by atoms with Crippen LogP contribution in [0.25, 0.3) is 0 Å². The molecule has 6 heteroatoms. The SMILES string of the molecule is CC(C)(C)Cc1csc(NC(=O)NC2CCC(CO)CC2)n1. The summed E-state index contributed by atoms with van der Waals surface area (Å²) < 4.78 is 0. The number of carbonyl (C=O) groups excluding carboxylic acids is 1. The first-order valence-corrected chi connectivity index (χ1v) is 8.86. The lowest BCUT2D eigenvalue weighted by Crippen LogP contribution is -2.40. The second-order valence-corrected chi connectivity index (χ2v) is 8.24. The molecule has 0 unspecified atom stereocenters. The number of hydrogen-bond donors (Lipinski definition) is 3. The van der Waals surface area contributed by atoms with Gasteiger partial charge in [0.05, 0.1) is 5.69 Å². The maximum atomic E-state index is 12.0. The average molecular weight is 325 g/mol. The molecule has 2 amide bonds. The number of rotatable bonds is 4. The standard InChI is InChI=1S/C16H27N3O2S/c1-16(2,3)8-13-10-22-15(18-13)19-14(21)17-12-6-4-11(9-20)5-7-12/h10-12,20H,4-9H2,1-3H3,(H2,17,18,19,21). The molecule has 0 spiro atoms. The summed E-state index contributed by atoms with van der Waals surface area (Å²) >= 11 is 1.47. The predicted octanol–water partition coefficient (Wildman–Crippen LogP) is 3.40. The van der Waals surface area contributed by atoms with E-state index in [1.165, 1.54) is 11.3 Å². The first-order valence-electron chi connectivity index (χ1n) is 7.98. The van der Waals surface area contributed by atoms with Crippen LogP contribution in [0.5, 0.6) is 0 Å². The summed E-state index contributed by atoms with van der Waals surface area (Å²) in [7, 11) is 0. The second-order valence-electron chi connectivity index (χ2n) is 7.38. The molecule has 22 heavy (non-hydrogen) atoms. The Bertz CT molecular complexity index is 488. The van der Waals surface area contributed by atoms with E-state index >= 15 is 0 Å². The van der Waals surface area contributed by atoms with E-state index in [-0.39, 0.29) is 24.1 Å². The maximum Gasteiger partial charge on any atom is 0.321 e. The van der Waals surface area contributed by atoms with Crippen LogP contribution < -0.4 is 10.6 Å². The number of aliphatic hydroxyl groups excluding tert-OH is 1. The molecule has 0 radical (unpaired) electrons. The van der Waals surface area contributed by atoms with Crippen molar-refractivity contribution in [2.45, 2.75) is 58.9 Å². The molecule has 5 nitrogen and oxygen atoms in total. The van der Waals surface area contributed by atoms with Gasteiger partial charge in [-0.15, -0.1) is 11.3 Å². The number of urea groups is 1. The Kier molecular flexibility index (Phi) is 5.81. The molecular formula is C16H27N3O2S. The smallest absolute Gasteiger partial charge is 0.321 e. The van der Waals surface area contributed by atoms with Crippen molar-refractivity contribution >= 4 is 22.5 Å². The van der Waals surface area contributed by atoms with Gasteiger partial charge in [-0.3, -0.25) is 5.32 Å². The topological polar surface area (TPSA) is 74.2 Å². The van der Waals surface area contributed by atoms with Crippen LogP contribution in [-0.2, 0) is 6.42 Å². The van der Waals surface area contributed by atoms with Gasteiger partial charge in [0.1, 0.15) is 0 Å². The van der Waals surface area contributed by atoms with E-state index in [1.807, 2.05) is 5.38 Å². The summed E-state index contributed by atoms with van der Waals surface area (Å²) in [5, 5.41) is 17.6. The fourth-order valence-corrected chi connectivity index (χ4v) is 3.50. The van der Waals surface area contributed by atoms with Crippen LogP contribution in [-0.4, -0.2) is 28.8 Å². The summed E-state index contributed by atoms with van der Waals surface area (Å²) in [6.45, 7) is 6.78. The van der Waals surface area contributed by atoms with Gasteiger partial charge >= 0.3 is 6.03 Å². The van der Waals surface area contributed by atoms with Gasteiger partial charge in [-0.25, -0.2) is 9.78 Å². The molecule has 1 aromatic heterocycles. The quantitative estimate of drug-likeness (QED) is 0.794. The summed E-state index contributed by atoms with van der Waals surface area (Å²) in [5.74, 6) is 0.403. The molecule has 1 aliphatic rings. The van der Waals surface area contributed by atoms with Gasteiger partial charge in [0.2, 0.25) is 0 Å². The maximum absolute atomic E-state index is 12.0. The molecule has 0 aliphatic heterocycles. The Morgan fingerprint density at radius 1 is 1.36 bits per heavy atom. The molecule has 124 valence electrons. The van der Waals surface area contributed by atoms with Gasteiger partial charge in [-0.2, -0.15) is 0 Å². The third-order valence-corrected chi connectivity index (χ3v) is 4.73. The highest BCUT2D eigenvalue weighted by Crippen LogP contribution is 2.25. The van der Waals surface area contributed by atoms with E-state index in [0.29, 0.717) is 11.0 Å². The zero-order valence-electron chi connectivity index (χ0n) is 13.7. The first kappa shape index (κ1) is 17.2. The summed E-state index contributed by atoms with van der Waals surface area (Å²) in [6.07, 6.45) is 4.73. The van der Waals surface area contributed by atoms with E-state index < -0.39 is 0 Å². The highest BCUT2D eigenvalue weighted by Gasteiger charge is 2.22. The Morgan fingerprint density at radius 3 is 2.64 bits per heavy atom. The summed E-state index contributed by atoms with van der Waals surface area (Å²) in [4.78, 5) is 16.5. The minimum atomic E-state index is -0.177. The normalized spacial score (nSPS) is 22.4. The molecule has 1 aliphatic carbocycles. The Balaban J connectivity index is 1.78. The Hall–Kier alpha value is -1.14. The minimum absolute atomic E-state index is 0.177. The average Bonchev–Trinajstić information content (AvgIpc) is 2.84. The van der Waals surface area contributed by atoms with Gasteiger partial charge < -0.3 is 10.4 Å². The van der Waals surface area contributed by atoms with Gasteiger partial charge in [0.15, 0.2) is 5.13 Å². The number of aromatic nitrogens is 1. The second kappa shape index (κ2) is 7.42. The largest absolute Gasteiger partial charge is 0.396 e. The van der Waals surface area contributed by atoms with Gasteiger partial charge in [0.25, 0.3) is 0 Å². The molecule has 2 rings (SSSR count). The van der Waals surface area contributed by atoms with E-state index in [1.54, 1.807) is 0 Å². The number of thiazole rings is 1. The molecule has 3 N–H and O–H groups in total. The van der Waals surface area contributed by atoms with Gasteiger partial charge in [-0.1, -0.05) is 20.8 Å². The molecule has 1 saturated carbocycles. The molecule has 1 heterocycles. The van der Waals surface area contributed by atoms with E-state index in [4.69, 9.17) is 5.11 Å². The van der Waals surface area contributed by atoms with Crippen molar-refractivity contribution in [2.24, 2.45) is 11.3 Å². The van der Waals surface area contributed by atoms with Crippen LogP contribution >= 0.6 is 11.3 Å². The van der Waals surface area contributed by atoms with Gasteiger partial charge in [-0.05, 0) is 43.4 Å². The number of nitrogens with zero attached hydrogens (tertiary/aromatic N) is 1. The third kappa shape index (κ3) is 5.57. The summed E-state index contributed by atoms with van der Waals surface area (Å²) in [6, 6.07) is 0.0286. The van der Waals surface area contributed by atoms with Crippen LogP contribution in [0.3, 0.4) is 0 Å². The lowest BCUT2D eigenvalue weighted by Gasteiger charge is -2.27. The summed E-state index contributed by atoms with van der Waals surface area (Å²) in [5.41, 5.74) is 1.22. The van der Waals surface area contributed by atoms with E-state index in [9.17, 15) is 4.79 Å². The Morgan fingerprint density at radius 2 is 2.05 bits per heavy atom. The lowest BCUT2D eigenvalue weighted by molar-refractivity contribution is 0.176. The number of amides is 2. The molecule has 0 aromatic carbocycles. The van der Waals surface area contributed by atoms with Crippen LogP contribution in [0.1, 0.15) is 52.1 Å². The van der Waals surface area contributed by atoms with Crippen molar-refractivity contribution in [3.63, 3.8) is 0 Å². The van der Waals surface area contributed by atoms with Crippen molar-refractivity contribution in [3.8, 4) is 0 Å². The fourth-order valence-electron chi connectivity index (χ4n) is 2.80. The van der Waals surface area contributed by atoms with Crippen molar-refractivity contribution in [3.05, 3.63) is 11.1 Å². The van der Waals surface area contributed by atoms with Crippen LogP contribution in [0.15, 0.2) is 5.38 Å². The lowest BCUT2D eigenvalue weighted by atomic mass is 9.87. The minimum Gasteiger partial charge on any atom is -0.396 e. The number of carbonyl (C=O) groups is 1. The zero-order chi connectivity index (χ0) is 16.2. The van der Waals surface area contributed by atoms with Crippen molar-refractivity contribution < 1.29 is 9.90 Å².